The van der Waals surface area contributed by atoms with Gasteiger partial charge in [0.15, 0.2) is 5.82 Å². The van der Waals surface area contributed by atoms with Crippen LogP contribution in [-0.2, 0) is 11.3 Å². The Balaban J connectivity index is 2.20. The summed E-state index contributed by atoms with van der Waals surface area (Å²) in [6.07, 6.45) is 0. The minimum atomic E-state index is -0.100. The molecule has 2 aromatic rings. The highest BCUT2D eigenvalue weighted by Gasteiger charge is 2.10. The van der Waals surface area contributed by atoms with Crippen molar-refractivity contribution >= 4 is 5.91 Å². The number of likely N-dealkylation sites (N-methyl/N-ethyl adjacent to an activating group) is 1. The first-order chi connectivity index (χ1) is 8.31. The van der Waals surface area contributed by atoms with Crippen molar-refractivity contribution in [3.8, 4) is 11.4 Å². The lowest BCUT2D eigenvalue weighted by molar-refractivity contribution is -0.121. The number of nitrogens with one attached hydrogen (secondary N) is 1. The van der Waals surface area contributed by atoms with Gasteiger partial charge in [0.05, 0.1) is 0 Å². The van der Waals surface area contributed by atoms with Crippen LogP contribution in [0.5, 0.6) is 0 Å². The maximum Gasteiger partial charge on any atom is 0.241 e. The van der Waals surface area contributed by atoms with E-state index >= 15 is 0 Å². The molecule has 1 aromatic heterocycles. The molecule has 0 unspecified atom stereocenters. The molecular formula is C11H13N5O. The molecule has 6 heteroatoms. The lowest BCUT2D eigenvalue weighted by atomic mass is 10.2. The van der Waals surface area contributed by atoms with Gasteiger partial charge in [-0.3, -0.25) is 4.79 Å². The molecule has 0 fully saturated rings. The van der Waals surface area contributed by atoms with Crippen LogP contribution in [0.1, 0.15) is 6.92 Å². The third-order valence-corrected chi connectivity index (χ3v) is 2.23. The maximum atomic E-state index is 11.5. The van der Waals surface area contributed by atoms with E-state index in [1.165, 1.54) is 4.68 Å². The molecule has 1 heterocycles. The zero-order valence-electron chi connectivity index (χ0n) is 9.50. The fourth-order valence-electron chi connectivity index (χ4n) is 1.49. The molecule has 0 aliphatic carbocycles. The zero-order chi connectivity index (χ0) is 12.1. The number of hydrogen-bond donors (Lipinski definition) is 1. The van der Waals surface area contributed by atoms with E-state index < -0.39 is 0 Å². The van der Waals surface area contributed by atoms with Crippen molar-refractivity contribution in [3.63, 3.8) is 0 Å². The monoisotopic (exact) mass is 231 g/mol. The Labute approximate surface area is 98.6 Å². The Morgan fingerprint density at radius 3 is 2.82 bits per heavy atom. The molecule has 2 rings (SSSR count). The summed E-state index contributed by atoms with van der Waals surface area (Å²) in [4.78, 5) is 11.5. The van der Waals surface area contributed by atoms with E-state index in [1.54, 1.807) is 0 Å². The highest BCUT2D eigenvalue weighted by atomic mass is 16.2. The van der Waals surface area contributed by atoms with Crippen molar-refractivity contribution in [2.24, 2.45) is 0 Å². The first-order valence-electron chi connectivity index (χ1n) is 5.39. The predicted molar refractivity (Wildman–Crippen MR) is 61.9 cm³/mol. The summed E-state index contributed by atoms with van der Waals surface area (Å²) in [5.74, 6) is 0.494. The van der Waals surface area contributed by atoms with Crippen LogP contribution in [0.25, 0.3) is 11.4 Å². The quantitative estimate of drug-likeness (QED) is 0.830. The Morgan fingerprint density at radius 1 is 1.35 bits per heavy atom. The molecule has 0 radical (unpaired) electrons. The first kappa shape index (κ1) is 11.3. The summed E-state index contributed by atoms with van der Waals surface area (Å²) >= 11 is 0. The normalized spacial score (nSPS) is 10.2. The smallest absolute Gasteiger partial charge is 0.241 e. The highest BCUT2D eigenvalue weighted by Crippen LogP contribution is 2.14. The summed E-state index contributed by atoms with van der Waals surface area (Å²) in [5.41, 5.74) is 0.891. The van der Waals surface area contributed by atoms with Gasteiger partial charge in [0.2, 0.25) is 5.91 Å². The lowest BCUT2D eigenvalue weighted by Crippen LogP contribution is -2.27. The zero-order valence-corrected chi connectivity index (χ0v) is 9.50. The Kier molecular flexibility index (Phi) is 3.44. The fourth-order valence-corrected chi connectivity index (χ4v) is 1.49. The van der Waals surface area contributed by atoms with Gasteiger partial charge in [-0.1, -0.05) is 30.3 Å². The van der Waals surface area contributed by atoms with Crippen molar-refractivity contribution in [1.29, 1.82) is 0 Å². The lowest BCUT2D eigenvalue weighted by Gasteiger charge is -2.04. The first-order valence-corrected chi connectivity index (χ1v) is 5.39. The molecular weight excluding hydrogens is 218 g/mol. The van der Waals surface area contributed by atoms with Crippen molar-refractivity contribution in [3.05, 3.63) is 30.3 Å². The van der Waals surface area contributed by atoms with E-state index in [-0.39, 0.29) is 12.5 Å². The van der Waals surface area contributed by atoms with Gasteiger partial charge in [0, 0.05) is 12.1 Å². The number of nitrogens with zero attached hydrogens (tertiary/aromatic N) is 4. The fraction of sp³-hybridized carbons (Fsp3) is 0.273. The van der Waals surface area contributed by atoms with Crippen molar-refractivity contribution in [2.75, 3.05) is 6.54 Å². The average Bonchev–Trinajstić information content (AvgIpc) is 2.78. The number of carbonyl (C=O) groups is 1. The molecule has 1 amide bonds. The number of hydrogen-bond acceptors (Lipinski definition) is 4. The van der Waals surface area contributed by atoms with Gasteiger partial charge in [-0.05, 0) is 17.4 Å². The number of amides is 1. The van der Waals surface area contributed by atoms with E-state index in [4.69, 9.17) is 0 Å². The Hall–Kier alpha value is -2.24. The van der Waals surface area contributed by atoms with Gasteiger partial charge in [0.1, 0.15) is 6.54 Å². The van der Waals surface area contributed by atoms with Crippen molar-refractivity contribution < 1.29 is 4.79 Å². The molecule has 1 aromatic carbocycles. The van der Waals surface area contributed by atoms with Crippen LogP contribution < -0.4 is 5.32 Å². The minimum absolute atomic E-state index is 0.100. The van der Waals surface area contributed by atoms with Crippen LogP contribution in [0.15, 0.2) is 30.3 Å². The largest absolute Gasteiger partial charge is 0.355 e. The molecule has 0 saturated carbocycles. The molecule has 1 N–H and O–H groups in total. The summed E-state index contributed by atoms with van der Waals surface area (Å²) in [6, 6.07) is 9.53. The van der Waals surface area contributed by atoms with E-state index in [2.05, 4.69) is 20.8 Å². The van der Waals surface area contributed by atoms with Gasteiger partial charge in [-0.2, -0.15) is 0 Å². The average molecular weight is 231 g/mol. The molecule has 0 aliphatic heterocycles. The van der Waals surface area contributed by atoms with Gasteiger partial charge in [-0.25, -0.2) is 4.68 Å². The highest BCUT2D eigenvalue weighted by molar-refractivity contribution is 5.76. The van der Waals surface area contributed by atoms with E-state index in [0.717, 1.165) is 5.56 Å². The number of aromatic nitrogens is 4. The Morgan fingerprint density at radius 2 is 2.12 bits per heavy atom. The minimum Gasteiger partial charge on any atom is -0.355 e. The second-order valence-corrected chi connectivity index (χ2v) is 3.48. The molecule has 0 spiro atoms. The van der Waals surface area contributed by atoms with Crippen LogP contribution >= 0.6 is 0 Å². The van der Waals surface area contributed by atoms with Gasteiger partial charge >= 0.3 is 0 Å². The number of benzene rings is 1. The predicted octanol–water partition coefficient (Wildman–Crippen LogP) is 0.476. The van der Waals surface area contributed by atoms with E-state index in [9.17, 15) is 4.79 Å². The number of carbonyl (C=O) groups excluding carboxylic acids is 1. The van der Waals surface area contributed by atoms with E-state index in [0.29, 0.717) is 12.4 Å². The van der Waals surface area contributed by atoms with E-state index in [1.807, 2.05) is 37.3 Å². The molecule has 6 nitrogen and oxygen atoms in total. The van der Waals surface area contributed by atoms with Crippen LogP contribution in [-0.4, -0.2) is 32.7 Å². The van der Waals surface area contributed by atoms with Crippen LogP contribution in [0.4, 0.5) is 0 Å². The number of rotatable bonds is 4. The standard InChI is InChI=1S/C11H13N5O/c1-2-12-10(17)8-16-11(13-14-15-16)9-6-4-3-5-7-9/h3-7H,2,8H2,1H3,(H,12,17). The topological polar surface area (TPSA) is 72.7 Å². The second-order valence-electron chi connectivity index (χ2n) is 3.48. The summed E-state index contributed by atoms with van der Waals surface area (Å²) in [7, 11) is 0. The molecule has 0 bridgehead atoms. The maximum absolute atomic E-state index is 11.5. The van der Waals surface area contributed by atoms with Crippen LogP contribution in [0.3, 0.4) is 0 Å². The van der Waals surface area contributed by atoms with Gasteiger partial charge < -0.3 is 5.32 Å². The molecule has 0 saturated heterocycles. The SMILES string of the molecule is CCNC(=O)Cn1nnnc1-c1ccccc1. The van der Waals surface area contributed by atoms with Crippen LogP contribution in [0.2, 0.25) is 0 Å². The third-order valence-electron chi connectivity index (χ3n) is 2.23. The van der Waals surface area contributed by atoms with Gasteiger partial charge in [0.25, 0.3) is 0 Å². The molecule has 17 heavy (non-hydrogen) atoms. The number of tetrazole rings is 1. The summed E-state index contributed by atoms with van der Waals surface area (Å²) in [6.45, 7) is 2.60. The summed E-state index contributed by atoms with van der Waals surface area (Å²) in [5, 5.41) is 14.0. The second kappa shape index (κ2) is 5.20. The molecule has 88 valence electrons. The van der Waals surface area contributed by atoms with Gasteiger partial charge in [-0.15, -0.1) is 5.10 Å². The molecule has 0 aliphatic rings. The summed E-state index contributed by atoms with van der Waals surface area (Å²) < 4.78 is 1.49. The molecule has 0 atom stereocenters. The van der Waals surface area contributed by atoms with Crippen molar-refractivity contribution in [1.82, 2.24) is 25.5 Å². The van der Waals surface area contributed by atoms with Crippen LogP contribution in [0, 0.1) is 0 Å². The third kappa shape index (κ3) is 2.66. The van der Waals surface area contributed by atoms with Crippen molar-refractivity contribution in [2.45, 2.75) is 13.5 Å². The Bertz CT molecular complexity index is 494.